The van der Waals surface area contributed by atoms with Crippen LogP contribution in [0.25, 0.3) is 0 Å². The van der Waals surface area contributed by atoms with Crippen molar-refractivity contribution < 1.29 is 13.5 Å². The van der Waals surface area contributed by atoms with Gasteiger partial charge in [0.15, 0.2) is 17.4 Å². The second kappa shape index (κ2) is 5.52. The Balaban J connectivity index is 4.64. The van der Waals surface area contributed by atoms with Crippen molar-refractivity contribution in [3.8, 4) is 0 Å². The van der Waals surface area contributed by atoms with Gasteiger partial charge in [0.25, 0.3) is 0 Å². The van der Waals surface area contributed by atoms with Gasteiger partial charge in [0.2, 0.25) is 0 Å². The Kier molecular flexibility index (Phi) is 5.00. The smallest absolute Gasteiger partial charge is 0.200 e. The number of allylic oxidation sites excluding steroid dienone is 4. The highest BCUT2D eigenvalue weighted by Gasteiger charge is 2.08. The lowest BCUT2D eigenvalue weighted by Crippen LogP contribution is -1.93. The maximum Gasteiger partial charge on any atom is 0.200 e. The van der Waals surface area contributed by atoms with Crippen molar-refractivity contribution in [2.45, 2.75) is 13.8 Å². The summed E-state index contributed by atoms with van der Waals surface area (Å²) < 4.78 is 30.3. The van der Waals surface area contributed by atoms with E-state index in [0.29, 0.717) is 6.61 Å². The molecular formula is C9H12F2O. The van der Waals surface area contributed by atoms with Crippen molar-refractivity contribution in [1.82, 2.24) is 0 Å². The average molecular weight is 174 g/mol. The number of rotatable bonds is 4. The molecule has 12 heavy (non-hydrogen) atoms. The van der Waals surface area contributed by atoms with Crippen LogP contribution in [0.1, 0.15) is 13.8 Å². The van der Waals surface area contributed by atoms with E-state index in [0.717, 1.165) is 6.08 Å². The molecule has 1 nitrogen and oxygen atoms in total. The van der Waals surface area contributed by atoms with Crippen LogP contribution in [0, 0.1) is 0 Å². The van der Waals surface area contributed by atoms with Gasteiger partial charge >= 0.3 is 0 Å². The van der Waals surface area contributed by atoms with Gasteiger partial charge in [-0.1, -0.05) is 6.58 Å². The van der Waals surface area contributed by atoms with E-state index < -0.39 is 11.7 Å². The monoisotopic (exact) mass is 174 g/mol. The van der Waals surface area contributed by atoms with E-state index >= 15 is 0 Å². The Morgan fingerprint density at radius 1 is 1.50 bits per heavy atom. The summed E-state index contributed by atoms with van der Waals surface area (Å²) in [6, 6.07) is 0. The minimum Gasteiger partial charge on any atom is -0.491 e. The Morgan fingerprint density at radius 3 is 2.42 bits per heavy atom. The summed E-state index contributed by atoms with van der Waals surface area (Å²) in [7, 11) is 0. The quantitative estimate of drug-likeness (QED) is 0.469. The van der Waals surface area contributed by atoms with Gasteiger partial charge in [-0.05, 0) is 26.0 Å². The van der Waals surface area contributed by atoms with E-state index in [2.05, 4.69) is 6.58 Å². The molecule has 0 saturated heterocycles. The van der Waals surface area contributed by atoms with Crippen molar-refractivity contribution in [2.75, 3.05) is 6.61 Å². The van der Waals surface area contributed by atoms with Crippen molar-refractivity contribution in [3.63, 3.8) is 0 Å². The molecule has 3 heteroatoms. The van der Waals surface area contributed by atoms with Gasteiger partial charge in [0.1, 0.15) is 0 Å². The second-order valence-electron chi connectivity index (χ2n) is 1.95. The maximum atomic E-state index is 12.9. The van der Waals surface area contributed by atoms with Crippen LogP contribution < -0.4 is 0 Å². The molecule has 0 aliphatic rings. The minimum absolute atomic E-state index is 0.0881. The summed E-state index contributed by atoms with van der Waals surface area (Å²) in [6.45, 7) is 6.67. The van der Waals surface area contributed by atoms with E-state index in [1.54, 1.807) is 13.8 Å². The first-order chi connectivity index (χ1) is 5.67. The first-order valence-corrected chi connectivity index (χ1v) is 3.64. The van der Waals surface area contributed by atoms with Crippen LogP contribution in [0.5, 0.6) is 0 Å². The summed E-state index contributed by atoms with van der Waals surface area (Å²) in [5.41, 5.74) is 0. The molecule has 0 aromatic carbocycles. The Labute approximate surface area is 71.0 Å². The maximum absolute atomic E-state index is 12.9. The van der Waals surface area contributed by atoms with Crippen LogP contribution >= 0.6 is 0 Å². The predicted octanol–water partition coefficient (Wildman–Crippen LogP) is 3.26. The number of halogens is 2. The summed E-state index contributed by atoms with van der Waals surface area (Å²) >= 11 is 0. The van der Waals surface area contributed by atoms with Crippen molar-refractivity contribution in [3.05, 3.63) is 36.1 Å². The van der Waals surface area contributed by atoms with Crippen molar-refractivity contribution >= 4 is 0 Å². The van der Waals surface area contributed by atoms with Crippen LogP contribution in [0.2, 0.25) is 0 Å². The van der Waals surface area contributed by atoms with E-state index in [1.165, 1.54) is 6.08 Å². The standard InChI is InChI=1S/C9H12F2O/c1-4-7(10)9(11)8(5-2)12-6-3/h4-5H,1,6H2,2-3H3/b8-5-,9-7-. The van der Waals surface area contributed by atoms with E-state index in [4.69, 9.17) is 4.74 Å². The third-order valence-electron chi connectivity index (χ3n) is 1.17. The van der Waals surface area contributed by atoms with Gasteiger partial charge in [0.05, 0.1) is 6.61 Å². The third kappa shape index (κ3) is 2.86. The lowest BCUT2D eigenvalue weighted by Gasteiger charge is -2.04. The topological polar surface area (TPSA) is 9.23 Å². The Hall–Kier alpha value is -1.12. The largest absolute Gasteiger partial charge is 0.491 e. The molecule has 0 radical (unpaired) electrons. The first-order valence-electron chi connectivity index (χ1n) is 3.64. The van der Waals surface area contributed by atoms with Gasteiger partial charge in [-0.2, -0.15) is 4.39 Å². The molecule has 0 amide bonds. The van der Waals surface area contributed by atoms with E-state index in [-0.39, 0.29) is 5.76 Å². The van der Waals surface area contributed by atoms with Gasteiger partial charge in [0, 0.05) is 0 Å². The summed E-state index contributed by atoms with van der Waals surface area (Å²) in [4.78, 5) is 0. The SMILES string of the molecule is C=C/C(F)=C(F)\C(=C\C)OCC. The summed E-state index contributed by atoms with van der Waals surface area (Å²) in [5, 5.41) is 0. The minimum atomic E-state index is -1.01. The van der Waals surface area contributed by atoms with Crippen molar-refractivity contribution in [1.29, 1.82) is 0 Å². The average Bonchev–Trinajstić information content (AvgIpc) is 2.11. The van der Waals surface area contributed by atoms with Gasteiger partial charge in [-0.15, -0.1) is 0 Å². The van der Waals surface area contributed by atoms with Crippen LogP contribution in [0.15, 0.2) is 36.1 Å². The molecule has 0 saturated carbocycles. The highest BCUT2D eigenvalue weighted by Crippen LogP contribution is 2.19. The lowest BCUT2D eigenvalue weighted by molar-refractivity contribution is 0.222. The van der Waals surface area contributed by atoms with E-state index in [1.807, 2.05) is 0 Å². The number of hydrogen-bond acceptors (Lipinski definition) is 1. The van der Waals surface area contributed by atoms with Crippen LogP contribution in [0.4, 0.5) is 8.78 Å². The third-order valence-corrected chi connectivity index (χ3v) is 1.17. The number of ether oxygens (including phenoxy) is 1. The summed E-state index contributed by atoms with van der Waals surface area (Å²) in [5.74, 6) is -2.10. The molecule has 0 aromatic rings. The highest BCUT2D eigenvalue weighted by atomic mass is 19.2. The Bertz CT molecular complexity index is 217. The molecule has 0 spiro atoms. The first kappa shape index (κ1) is 10.9. The zero-order valence-corrected chi connectivity index (χ0v) is 7.23. The highest BCUT2D eigenvalue weighted by molar-refractivity contribution is 5.26. The zero-order chi connectivity index (χ0) is 9.56. The molecular weight excluding hydrogens is 162 g/mol. The fraction of sp³-hybridized carbons (Fsp3) is 0.333. The van der Waals surface area contributed by atoms with Gasteiger partial charge < -0.3 is 4.74 Å². The fourth-order valence-corrected chi connectivity index (χ4v) is 0.636. The van der Waals surface area contributed by atoms with Gasteiger partial charge in [-0.3, -0.25) is 0 Å². The predicted molar refractivity (Wildman–Crippen MR) is 44.8 cm³/mol. The zero-order valence-electron chi connectivity index (χ0n) is 7.23. The molecule has 0 N–H and O–H groups in total. The molecule has 0 rings (SSSR count). The van der Waals surface area contributed by atoms with Crippen LogP contribution in [0.3, 0.4) is 0 Å². The van der Waals surface area contributed by atoms with Gasteiger partial charge in [-0.25, -0.2) is 4.39 Å². The van der Waals surface area contributed by atoms with Crippen molar-refractivity contribution in [2.24, 2.45) is 0 Å². The molecule has 0 bridgehead atoms. The molecule has 0 unspecified atom stereocenters. The molecule has 0 atom stereocenters. The molecule has 0 aliphatic heterocycles. The number of hydrogen-bond donors (Lipinski definition) is 0. The fourth-order valence-electron chi connectivity index (χ4n) is 0.636. The molecule has 0 aliphatic carbocycles. The van der Waals surface area contributed by atoms with Crippen LogP contribution in [-0.2, 0) is 4.74 Å². The molecule has 0 fully saturated rings. The molecule has 68 valence electrons. The molecule has 0 heterocycles. The van der Waals surface area contributed by atoms with Crippen LogP contribution in [-0.4, -0.2) is 6.61 Å². The normalized spacial score (nSPS) is 13.8. The summed E-state index contributed by atoms with van der Waals surface area (Å²) in [6.07, 6.45) is 2.17. The second-order valence-corrected chi connectivity index (χ2v) is 1.95. The Morgan fingerprint density at radius 2 is 2.08 bits per heavy atom. The van der Waals surface area contributed by atoms with E-state index in [9.17, 15) is 8.78 Å². The lowest BCUT2D eigenvalue weighted by atomic mass is 10.3. The molecule has 0 aromatic heterocycles.